The number of aryl methyl sites for hydroxylation is 1. The first kappa shape index (κ1) is 30.2. The number of benzene rings is 1. The molecule has 1 amide bonds. The van der Waals surface area contributed by atoms with Crippen molar-refractivity contribution in [1.82, 2.24) is 5.32 Å². The van der Waals surface area contributed by atoms with Crippen LogP contribution < -0.4 is 10.1 Å². The summed E-state index contributed by atoms with van der Waals surface area (Å²) in [6.07, 6.45) is 21.8. The summed E-state index contributed by atoms with van der Waals surface area (Å²) in [5.41, 5.74) is 1.35. The van der Waals surface area contributed by atoms with Crippen molar-refractivity contribution in [2.24, 2.45) is 16.8 Å². The van der Waals surface area contributed by atoms with Gasteiger partial charge < -0.3 is 14.8 Å². The van der Waals surface area contributed by atoms with Crippen LogP contribution in [0.2, 0.25) is 0 Å². The van der Waals surface area contributed by atoms with E-state index in [2.05, 4.69) is 29.4 Å². The lowest BCUT2D eigenvalue weighted by molar-refractivity contribution is 0.117. The third kappa shape index (κ3) is 12.0. The fourth-order valence-electron chi connectivity index (χ4n) is 6.14. The Morgan fingerprint density at radius 2 is 1.50 bits per heavy atom. The van der Waals surface area contributed by atoms with E-state index < -0.39 is 0 Å². The number of amides is 1. The largest absolute Gasteiger partial charge is 0.490 e. The van der Waals surface area contributed by atoms with E-state index in [-0.39, 0.29) is 24.8 Å². The topological polar surface area (TPSA) is 77.0 Å². The Balaban J connectivity index is 1.19. The number of carbonyl (C=O) groups is 1. The number of unbranched alkanes of at least 4 members (excludes halogenated alkanes) is 6. The lowest BCUT2D eigenvalue weighted by Gasteiger charge is -2.33. The van der Waals surface area contributed by atoms with Gasteiger partial charge in [-0.15, -0.1) is 0 Å². The van der Waals surface area contributed by atoms with Crippen molar-refractivity contribution in [3.05, 3.63) is 29.8 Å². The Morgan fingerprint density at radius 3 is 2.16 bits per heavy atom. The smallest absolute Gasteiger partial charge is 0.407 e. The highest BCUT2D eigenvalue weighted by molar-refractivity contribution is 5.67. The van der Waals surface area contributed by atoms with Gasteiger partial charge in [0.1, 0.15) is 19.0 Å². The highest BCUT2D eigenvalue weighted by Gasteiger charge is 2.27. The van der Waals surface area contributed by atoms with E-state index in [1.165, 1.54) is 69.8 Å². The Bertz CT molecular complexity index is 820. The maximum absolute atomic E-state index is 12.2. The molecule has 2 saturated carbocycles. The minimum atomic E-state index is -0.337. The van der Waals surface area contributed by atoms with Crippen molar-refractivity contribution in [2.75, 3.05) is 13.2 Å². The molecule has 0 radical (unpaired) electrons. The van der Waals surface area contributed by atoms with Crippen LogP contribution in [-0.2, 0) is 16.0 Å². The van der Waals surface area contributed by atoms with E-state index >= 15 is 0 Å². The molecule has 2 aliphatic rings. The molecule has 2 fully saturated rings. The number of nitrogens with one attached hydrogen (secondary N) is 1. The number of ether oxygens (including phenoxy) is 2. The summed E-state index contributed by atoms with van der Waals surface area (Å²) in [4.78, 5) is 26.6. The molecule has 1 aromatic carbocycles. The van der Waals surface area contributed by atoms with Crippen molar-refractivity contribution in [1.29, 1.82) is 0 Å². The molecule has 38 heavy (non-hydrogen) atoms. The Hall–Kier alpha value is -2.33. The lowest BCUT2D eigenvalue weighted by Crippen LogP contribution is -2.38. The molecule has 0 unspecified atom stereocenters. The molecule has 0 saturated heterocycles. The molecule has 0 atom stereocenters. The predicted octanol–water partition coefficient (Wildman–Crippen LogP) is 7.93. The van der Waals surface area contributed by atoms with Crippen molar-refractivity contribution in [3.63, 3.8) is 0 Å². The number of rotatable bonds is 16. The van der Waals surface area contributed by atoms with E-state index in [9.17, 15) is 9.59 Å². The average molecular weight is 527 g/mol. The van der Waals surface area contributed by atoms with Crippen LogP contribution in [0, 0.1) is 11.8 Å². The molecule has 0 heterocycles. The minimum Gasteiger partial charge on any atom is -0.490 e. The maximum atomic E-state index is 12.2. The maximum Gasteiger partial charge on any atom is 0.407 e. The van der Waals surface area contributed by atoms with Crippen molar-refractivity contribution < 1.29 is 19.1 Å². The van der Waals surface area contributed by atoms with Gasteiger partial charge in [-0.25, -0.2) is 14.6 Å². The van der Waals surface area contributed by atoms with Crippen LogP contribution in [0.4, 0.5) is 4.79 Å². The molecule has 0 bridgehead atoms. The number of alkyl carbamates (subject to hydrolysis) is 1. The molecule has 1 aromatic rings. The molecular formula is C32H50N2O4. The van der Waals surface area contributed by atoms with Crippen LogP contribution in [0.1, 0.15) is 115 Å². The molecule has 6 heteroatoms. The standard InChI is InChI=1S/C32H50N2O4/c1-2-3-4-5-6-7-8-9-26-14-20-31(21-15-26)37-22-23-38-32(36)34-30-18-12-28(13-19-30)24-27-10-16-29(17-11-27)33-25-35/h14-15,20-21,27-30H,2-13,16-19,22-24H2,1H3,(H,34,36). The summed E-state index contributed by atoms with van der Waals surface area (Å²) in [5, 5.41) is 3.04. The third-order valence-corrected chi connectivity index (χ3v) is 8.46. The van der Waals surface area contributed by atoms with Gasteiger partial charge in [-0.05, 0) is 100 Å². The van der Waals surface area contributed by atoms with Gasteiger partial charge in [0.2, 0.25) is 6.08 Å². The first-order chi connectivity index (χ1) is 18.7. The van der Waals surface area contributed by atoms with Crippen LogP contribution in [0.15, 0.2) is 29.3 Å². The molecule has 1 N–H and O–H groups in total. The fourth-order valence-corrected chi connectivity index (χ4v) is 6.14. The average Bonchev–Trinajstić information content (AvgIpc) is 2.94. The van der Waals surface area contributed by atoms with Gasteiger partial charge in [0.15, 0.2) is 0 Å². The van der Waals surface area contributed by atoms with Crippen LogP contribution in [0.3, 0.4) is 0 Å². The van der Waals surface area contributed by atoms with Gasteiger partial charge in [0.25, 0.3) is 0 Å². The Kier molecular flexibility index (Phi) is 14.3. The highest BCUT2D eigenvalue weighted by Crippen LogP contribution is 2.36. The van der Waals surface area contributed by atoms with Gasteiger partial charge in [-0.3, -0.25) is 0 Å². The van der Waals surface area contributed by atoms with Crippen LogP contribution in [-0.4, -0.2) is 37.5 Å². The van der Waals surface area contributed by atoms with Crippen LogP contribution in [0.5, 0.6) is 5.75 Å². The van der Waals surface area contributed by atoms with E-state index in [1.54, 1.807) is 6.08 Å². The Morgan fingerprint density at radius 1 is 0.868 bits per heavy atom. The normalized spacial score (nSPS) is 23.3. The summed E-state index contributed by atoms with van der Waals surface area (Å²) in [6, 6.07) is 8.72. The molecule has 2 aliphatic carbocycles. The summed E-state index contributed by atoms with van der Waals surface area (Å²) in [7, 11) is 0. The number of aliphatic imine (C=N–C) groups is 1. The van der Waals surface area contributed by atoms with E-state index in [1.807, 2.05) is 12.1 Å². The molecule has 0 aromatic heterocycles. The van der Waals surface area contributed by atoms with Crippen LogP contribution >= 0.6 is 0 Å². The zero-order chi connectivity index (χ0) is 26.8. The number of hydrogen-bond acceptors (Lipinski definition) is 5. The number of isocyanates is 1. The second-order valence-electron chi connectivity index (χ2n) is 11.5. The van der Waals surface area contributed by atoms with Gasteiger partial charge in [0.05, 0.1) is 6.04 Å². The van der Waals surface area contributed by atoms with Crippen LogP contribution in [0.25, 0.3) is 0 Å². The van der Waals surface area contributed by atoms with Gasteiger partial charge in [-0.2, -0.15) is 0 Å². The number of carbonyl (C=O) groups excluding carboxylic acids is 2. The van der Waals surface area contributed by atoms with Gasteiger partial charge in [-0.1, -0.05) is 57.6 Å². The first-order valence-corrected chi connectivity index (χ1v) is 15.4. The van der Waals surface area contributed by atoms with Gasteiger partial charge in [0, 0.05) is 6.04 Å². The summed E-state index contributed by atoms with van der Waals surface area (Å²) in [6.45, 7) is 2.86. The fraction of sp³-hybridized carbons (Fsp3) is 0.750. The van der Waals surface area contributed by atoms with Crippen molar-refractivity contribution >= 4 is 12.2 Å². The molecular weight excluding hydrogens is 476 g/mol. The first-order valence-electron chi connectivity index (χ1n) is 15.4. The number of nitrogens with zero attached hydrogens (tertiary/aromatic N) is 1. The second-order valence-corrected chi connectivity index (χ2v) is 11.5. The molecule has 6 nitrogen and oxygen atoms in total. The molecule has 3 rings (SSSR count). The van der Waals surface area contributed by atoms with E-state index in [4.69, 9.17) is 9.47 Å². The predicted molar refractivity (Wildman–Crippen MR) is 152 cm³/mol. The lowest BCUT2D eigenvalue weighted by atomic mass is 9.76. The Labute approximate surface area is 230 Å². The summed E-state index contributed by atoms with van der Waals surface area (Å²) < 4.78 is 11.1. The number of hydrogen-bond donors (Lipinski definition) is 1. The SMILES string of the molecule is CCCCCCCCCc1ccc(OCCOC(=O)NC2CCC(CC3CCC(N=C=O)CC3)CC2)cc1. The highest BCUT2D eigenvalue weighted by atomic mass is 16.6. The summed E-state index contributed by atoms with van der Waals surface area (Å²) in [5.74, 6) is 2.32. The monoisotopic (exact) mass is 526 g/mol. The molecule has 212 valence electrons. The zero-order valence-electron chi connectivity index (χ0n) is 23.6. The zero-order valence-corrected chi connectivity index (χ0v) is 23.6. The molecule has 0 aliphatic heterocycles. The van der Waals surface area contributed by atoms with E-state index in [0.717, 1.165) is 62.5 Å². The van der Waals surface area contributed by atoms with Crippen molar-refractivity contribution in [2.45, 2.75) is 128 Å². The third-order valence-electron chi connectivity index (χ3n) is 8.46. The summed E-state index contributed by atoms with van der Waals surface area (Å²) >= 11 is 0. The van der Waals surface area contributed by atoms with Crippen molar-refractivity contribution in [3.8, 4) is 5.75 Å². The molecule has 0 spiro atoms. The second kappa shape index (κ2) is 18.0. The quantitative estimate of drug-likeness (QED) is 0.135. The van der Waals surface area contributed by atoms with Gasteiger partial charge >= 0.3 is 6.09 Å². The van der Waals surface area contributed by atoms with E-state index in [0.29, 0.717) is 6.61 Å². The minimum absolute atomic E-state index is 0.199.